The van der Waals surface area contributed by atoms with Crippen molar-refractivity contribution in [2.45, 2.75) is 102 Å². The molecule has 3 N–H and O–H groups in total. The lowest BCUT2D eigenvalue weighted by molar-refractivity contribution is -0.143. The first kappa shape index (κ1) is 56.9. The Labute approximate surface area is 413 Å². The second-order valence-electron chi connectivity index (χ2n) is 18.8. The summed E-state index contributed by atoms with van der Waals surface area (Å²) >= 11 is 0. The van der Waals surface area contributed by atoms with E-state index in [0.717, 1.165) is 18.1 Å². The highest BCUT2D eigenvalue weighted by molar-refractivity contribution is 7.87. The molecule has 1 saturated heterocycles. The molecule has 0 radical (unpaired) electrons. The third-order valence-corrected chi connectivity index (χ3v) is 13.2. The van der Waals surface area contributed by atoms with Gasteiger partial charge in [-0.15, -0.1) is 6.42 Å². The minimum absolute atomic E-state index is 0.0126. The van der Waals surface area contributed by atoms with E-state index < -0.39 is 74.5 Å². The molecule has 0 saturated carbocycles. The summed E-state index contributed by atoms with van der Waals surface area (Å²) in [5.41, 5.74) is -0.734. The molecule has 16 nitrogen and oxygen atoms in total. The van der Waals surface area contributed by atoms with Crippen molar-refractivity contribution in [1.82, 2.24) is 15.5 Å². The molecule has 0 bridgehead atoms. The van der Waals surface area contributed by atoms with Crippen molar-refractivity contribution >= 4 is 39.3 Å². The summed E-state index contributed by atoms with van der Waals surface area (Å²) in [6.45, 7) is 9.64. The topological polar surface area (TPSA) is 213 Å². The number of amides is 2. The Balaban J connectivity index is 1.57. The van der Waals surface area contributed by atoms with E-state index in [0.29, 0.717) is 39.1 Å². The van der Waals surface area contributed by atoms with E-state index in [-0.39, 0.29) is 80.1 Å². The molecule has 3 aromatic rings. The van der Waals surface area contributed by atoms with Crippen LogP contribution in [0.25, 0.3) is 0 Å². The molecule has 1 fully saturated rings. The molecule has 1 aliphatic heterocycles. The van der Waals surface area contributed by atoms with Gasteiger partial charge in [-0.1, -0.05) is 94.3 Å². The van der Waals surface area contributed by atoms with Crippen LogP contribution >= 0.6 is 0 Å². The number of rotatable bonds is 30. The highest BCUT2D eigenvalue weighted by atomic mass is 32.2. The van der Waals surface area contributed by atoms with Gasteiger partial charge in [0.05, 0.1) is 46.1 Å². The average Bonchev–Trinajstić information content (AvgIpc) is 3.33. The Morgan fingerprint density at radius 1 is 0.814 bits per heavy atom. The number of terminal acetylenes is 1. The molecular weight excluding hydrogens is 919 g/mol. The van der Waals surface area contributed by atoms with Crippen LogP contribution in [0, 0.1) is 36.0 Å². The quantitative estimate of drug-likeness (QED) is 0.0582. The fourth-order valence-corrected chi connectivity index (χ4v) is 9.47. The fraction of sp³-hybridized carbons (Fsp3) is 0.528. The van der Waals surface area contributed by atoms with E-state index in [1.54, 1.807) is 12.1 Å². The van der Waals surface area contributed by atoms with E-state index in [2.05, 4.69) is 16.6 Å². The molecule has 382 valence electrons. The van der Waals surface area contributed by atoms with Gasteiger partial charge in [-0.2, -0.15) is 8.42 Å². The number of nitrogens with one attached hydrogen (secondary N) is 2. The zero-order valence-corrected chi connectivity index (χ0v) is 42.4. The molecule has 2 amide bonds. The van der Waals surface area contributed by atoms with E-state index >= 15 is 0 Å². The highest BCUT2D eigenvalue weighted by Crippen LogP contribution is 2.39. The van der Waals surface area contributed by atoms with Gasteiger partial charge in [0.25, 0.3) is 0 Å². The molecule has 0 aromatic heterocycles. The van der Waals surface area contributed by atoms with Crippen molar-refractivity contribution in [3.63, 3.8) is 0 Å². The van der Waals surface area contributed by atoms with Gasteiger partial charge in [-0.05, 0) is 62.0 Å². The lowest BCUT2D eigenvalue weighted by atomic mass is 9.86. The number of carbonyl (C=O) groups excluding carboxylic acids is 5. The van der Waals surface area contributed by atoms with Crippen LogP contribution in [0.4, 0.5) is 0 Å². The summed E-state index contributed by atoms with van der Waals surface area (Å²) < 4.78 is 54.3. The van der Waals surface area contributed by atoms with Crippen LogP contribution in [0.5, 0.6) is 17.2 Å². The number of methoxy groups -OCH3 is 2. The Bertz CT molecular complexity index is 2340. The van der Waals surface area contributed by atoms with Gasteiger partial charge in [-0.25, -0.2) is 0 Å². The standard InChI is InChI=1S/C53H71N3O13S/c1-9-24-68-48-33-43(65-7)32-47(66-8)49(48)70(63,64)69-35-53(6,62)50(59)45(28-37(4)5)55-52(61)41(29-39-18-14-11-15-19-39)31-46(58)44(27-36(2)3)54-51(60)40(21-20-38-16-12-10-13-17-38)30-42(57)34-56-22-25-67-26-23-56/h1,10-19,32-33,36-37,40-41,44-45,62H,20-31,34-35H2,2-8H3,(H,54,60)(H,55,61)/t40-,41-,44+,45+,53?/m1/s1. The van der Waals surface area contributed by atoms with Crippen LogP contribution in [0.15, 0.2) is 77.7 Å². The summed E-state index contributed by atoms with van der Waals surface area (Å²) in [7, 11) is -2.23. The average molecular weight is 990 g/mol. The van der Waals surface area contributed by atoms with Gasteiger partial charge >= 0.3 is 10.1 Å². The minimum Gasteiger partial charge on any atom is -0.496 e. The maximum absolute atomic E-state index is 14.5. The highest BCUT2D eigenvalue weighted by Gasteiger charge is 2.41. The predicted molar refractivity (Wildman–Crippen MR) is 264 cm³/mol. The Hall–Kier alpha value is -5.64. The van der Waals surface area contributed by atoms with Crippen LogP contribution in [-0.2, 0) is 55.9 Å². The fourth-order valence-electron chi connectivity index (χ4n) is 8.22. The van der Waals surface area contributed by atoms with Crippen LogP contribution in [0.2, 0.25) is 0 Å². The summed E-state index contributed by atoms with van der Waals surface area (Å²) in [4.78, 5) is 72.5. The molecule has 5 atom stereocenters. The molecule has 1 aliphatic rings. The molecule has 4 rings (SSSR count). The molecule has 0 spiro atoms. The first-order valence-corrected chi connectivity index (χ1v) is 25.2. The molecule has 1 unspecified atom stereocenters. The number of nitrogens with zero attached hydrogens (tertiary/aromatic N) is 1. The van der Waals surface area contributed by atoms with E-state index in [9.17, 15) is 37.5 Å². The van der Waals surface area contributed by atoms with Gasteiger partial charge in [0.15, 0.2) is 16.5 Å². The third kappa shape index (κ3) is 18.0. The molecule has 70 heavy (non-hydrogen) atoms. The van der Waals surface area contributed by atoms with Gasteiger partial charge in [0.1, 0.15) is 41.8 Å². The number of carbonyl (C=O) groups is 5. The summed E-state index contributed by atoms with van der Waals surface area (Å²) in [6.07, 6.45) is 6.32. The molecule has 17 heteroatoms. The van der Waals surface area contributed by atoms with Gasteiger partial charge < -0.3 is 34.7 Å². The minimum atomic E-state index is -4.81. The van der Waals surface area contributed by atoms with Gasteiger partial charge in [0.2, 0.25) is 11.8 Å². The van der Waals surface area contributed by atoms with E-state index in [4.69, 9.17) is 29.6 Å². The smallest absolute Gasteiger partial charge is 0.304 e. The van der Waals surface area contributed by atoms with Gasteiger partial charge in [0, 0.05) is 49.9 Å². The summed E-state index contributed by atoms with van der Waals surface area (Å²) in [6, 6.07) is 18.9. The van der Waals surface area contributed by atoms with Crippen molar-refractivity contribution in [3.8, 4) is 29.6 Å². The number of ketones is 3. The van der Waals surface area contributed by atoms with Crippen molar-refractivity contribution in [2.24, 2.45) is 23.7 Å². The zero-order valence-electron chi connectivity index (χ0n) is 41.6. The molecule has 3 aromatic carbocycles. The second-order valence-corrected chi connectivity index (χ2v) is 20.3. The second kappa shape index (κ2) is 27.7. The summed E-state index contributed by atoms with van der Waals surface area (Å²) in [5, 5.41) is 17.4. The Morgan fingerprint density at radius 2 is 1.39 bits per heavy atom. The molecule has 0 aliphatic carbocycles. The monoisotopic (exact) mass is 989 g/mol. The summed E-state index contributed by atoms with van der Waals surface area (Å²) in [5.74, 6) is -2.56. The lowest BCUT2D eigenvalue weighted by Gasteiger charge is -2.30. The lowest BCUT2D eigenvalue weighted by Crippen LogP contribution is -2.54. The number of ether oxygens (including phenoxy) is 4. The predicted octanol–water partition coefficient (Wildman–Crippen LogP) is 5.16. The van der Waals surface area contributed by atoms with Crippen molar-refractivity contribution < 1.29 is 60.6 Å². The van der Waals surface area contributed by atoms with Crippen LogP contribution in [0.3, 0.4) is 0 Å². The molecular formula is C53H71N3O13S. The van der Waals surface area contributed by atoms with Gasteiger partial charge in [-0.3, -0.25) is 33.1 Å². The zero-order chi connectivity index (χ0) is 51.4. The van der Waals surface area contributed by atoms with Crippen molar-refractivity contribution in [2.75, 3.05) is 60.3 Å². The number of hydrogen-bond acceptors (Lipinski definition) is 14. The van der Waals surface area contributed by atoms with Crippen LogP contribution in [-0.4, -0.2) is 126 Å². The number of hydrogen-bond donors (Lipinski definition) is 3. The maximum atomic E-state index is 14.5. The Morgan fingerprint density at radius 3 is 1.97 bits per heavy atom. The number of aliphatic hydroxyl groups is 1. The van der Waals surface area contributed by atoms with Crippen LogP contribution < -0.4 is 24.8 Å². The van der Waals surface area contributed by atoms with Crippen molar-refractivity contribution in [1.29, 1.82) is 0 Å². The normalized spacial score (nSPS) is 15.7. The largest absolute Gasteiger partial charge is 0.496 e. The van der Waals surface area contributed by atoms with E-state index in [1.807, 2.05) is 81.1 Å². The van der Waals surface area contributed by atoms with Crippen molar-refractivity contribution in [3.05, 3.63) is 83.9 Å². The first-order valence-electron chi connectivity index (χ1n) is 23.8. The molecule has 1 heterocycles. The number of aryl methyl sites for hydroxylation is 1. The number of benzene rings is 3. The maximum Gasteiger partial charge on any atom is 0.304 e. The number of morpholine rings is 1. The third-order valence-electron chi connectivity index (χ3n) is 11.9. The Kier molecular flexibility index (Phi) is 22.5. The van der Waals surface area contributed by atoms with E-state index in [1.165, 1.54) is 26.4 Å². The van der Waals surface area contributed by atoms with Crippen LogP contribution in [0.1, 0.15) is 77.8 Å². The SMILES string of the molecule is C#CCOc1cc(OC)cc(OC)c1S(=O)(=O)OCC(C)(O)C(=O)[C@H](CC(C)C)NC(=O)[C@@H](CC(=O)[C@H](CC(C)C)NC(=O)[C@H](CCc1ccccc1)CC(=O)CN1CCOCC1)Cc1ccccc1. The number of Topliss-reactive ketones (excluding diaryl/α,β-unsaturated/α-hetero) is 3. The first-order chi connectivity index (χ1) is 33.3.